The second-order valence-electron chi connectivity index (χ2n) is 5.63. The van der Waals surface area contributed by atoms with Crippen LogP contribution in [0.25, 0.3) is 0 Å². The predicted molar refractivity (Wildman–Crippen MR) is 73.0 cm³/mol. The molecule has 1 atom stereocenters. The van der Waals surface area contributed by atoms with Crippen LogP contribution >= 0.6 is 0 Å². The van der Waals surface area contributed by atoms with Crippen LogP contribution in [-0.2, 0) is 11.2 Å². The molecule has 0 spiro atoms. The van der Waals surface area contributed by atoms with E-state index in [0.717, 1.165) is 31.1 Å². The first-order valence-corrected chi connectivity index (χ1v) is 7.02. The Bertz CT molecular complexity index is 471. The number of phenols is 1. The number of hydrogen-bond donors (Lipinski definition) is 2. The zero-order chi connectivity index (χ0) is 13.2. The summed E-state index contributed by atoms with van der Waals surface area (Å²) in [5, 5.41) is 12.5. The van der Waals surface area contributed by atoms with Crippen molar-refractivity contribution in [1.29, 1.82) is 0 Å². The van der Waals surface area contributed by atoms with Crippen molar-refractivity contribution in [2.75, 3.05) is 13.1 Å². The third-order valence-corrected chi connectivity index (χ3v) is 3.92. The summed E-state index contributed by atoms with van der Waals surface area (Å²) < 4.78 is 0. The minimum absolute atomic E-state index is 0.0493. The Kier molecular flexibility index (Phi) is 3.42. The molecule has 1 saturated carbocycles. The average Bonchev–Trinajstić information content (AvgIpc) is 3.11. The Hall–Kier alpha value is -1.55. The first kappa shape index (κ1) is 12.5. The van der Waals surface area contributed by atoms with Crippen LogP contribution in [-0.4, -0.2) is 41.1 Å². The number of carbonyl (C=O) groups excluding carboxylic acids is 1. The highest BCUT2D eigenvalue weighted by Gasteiger charge is 2.34. The van der Waals surface area contributed by atoms with E-state index in [1.54, 1.807) is 18.2 Å². The molecule has 19 heavy (non-hydrogen) atoms. The van der Waals surface area contributed by atoms with E-state index in [0.29, 0.717) is 12.5 Å². The van der Waals surface area contributed by atoms with E-state index in [1.165, 1.54) is 12.8 Å². The van der Waals surface area contributed by atoms with Gasteiger partial charge in [0.2, 0.25) is 5.91 Å². The Morgan fingerprint density at radius 2 is 2.21 bits per heavy atom. The highest BCUT2D eigenvalue weighted by Crippen LogP contribution is 2.29. The first-order chi connectivity index (χ1) is 9.20. The molecule has 0 aromatic heterocycles. The van der Waals surface area contributed by atoms with Crippen LogP contribution in [0, 0.1) is 0 Å². The molecule has 0 bridgehead atoms. The van der Waals surface area contributed by atoms with E-state index < -0.39 is 0 Å². The van der Waals surface area contributed by atoms with Gasteiger partial charge in [-0.15, -0.1) is 0 Å². The third-order valence-electron chi connectivity index (χ3n) is 3.92. The summed E-state index contributed by atoms with van der Waals surface area (Å²) in [5.74, 6) is 0.263. The second-order valence-corrected chi connectivity index (χ2v) is 5.63. The highest BCUT2D eigenvalue weighted by atomic mass is 16.3. The minimum atomic E-state index is 0.0493. The van der Waals surface area contributed by atoms with E-state index in [2.05, 4.69) is 10.2 Å². The van der Waals surface area contributed by atoms with Crippen LogP contribution < -0.4 is 5.32 Å². The van der Waals surface area contributed by atoms with Gasteiger partial charge in [0.1, 0.15) is 5.75 Å². The lowest BCUT2D eigenvalue weighted by Crippen LogP contribution is -2.38. The Balaban J connectivity index is 1.48. The minimum Gasteiger partial charge on any atom is -0.508 e. The van der Waals surface area contributed by atoms with Gasteiger partial charge in [-0.3, -0.25) is 9.69 Å². The molecule has 1 aromatic rings. The topological polar surface area (TPSA) is 52.6 Å². The lowest BCUT2D eigenvalue weighted by molar-refractivity contribution is -0.121. The van der Waals surface area contributed by atoms with Crippen molar-refractivity contribution in [3.63, 3.8) is 0 Å². The molecule has 1 amide bonds. The van der Waals surface area contributed by atoms with E-state index in [4.69, 9.17) is 0 Å². The summed E-state index contributed by atoms with van der Waals surface area (Å²) in [4.78, 5) is 14.4. The zero-order valence-electron chi connectivity index (χ0n) is 11.0. The third kappa shape index (κ3) is 3.26. The number of amides is 1. The lowest BCUT2D eigenvalue weighted by atomic mass is 10.1. The first-order valence-electron chi connectivity index (χ1n) is 7.02. The van der Waals surface area contributed by atoms with Gasteiger partial charge in [0.15, 0.2) is 0 Å². The highest BCUT2D eigenvalue weighted by molar-refractivity contribution is 5.79. The van der Waals surface area contributed by atoms with Gasteiger partial charge in [0.25, 0.3) is 0 Å². The summed E-state index contributed by atoms with van der Waals surface area (Å²) in [5.41, 5.74) is 0.856. The number of rotatable bonds is 4. The molecule has 1 aliphatic carbocycles. The van der Waals surface area contributed by atoms with E-state index in [1.807, 2.05) is 6.07 Å². The van der Waals surface area contributed by atoms with Gasteiger partial charge in [-0.2, -0.15) is 0 Å². The van der Waals surface area contributed by atoms with Crippen LogP contribution in [0.1, 0.15) is 24.8 Å². The molecule has 1 unspecified atom stereocenters. The molecule has 2 fully saturated rings. The molecule has 3 rings (SSSR count). The quantitative estimate of drug-likeness (QED) is 0.857. The molecule has 1 saturated heterocycles. The summed E-state index contributed by atoms with van der Waals surface area (Å²) in [7, 11) is 0. The second kappa shape index (κ2) is 5.21. The summed E-state index contributed by atoms with van der Waals surface area (Å²) >= 11 is 0. The normalized spacial score (nSPS) is 23.5. The van der Waals surface area contributed by atoms with Crippen molar-refractivity contribution in [3.05, 3.63) is 29.8 Å². The molecular weight excluding hydrogens is 240 g/mol. The number of likely N-dealkylation sites (tertiary alicyclic amines) is 1. The fraction of sp³-hybridized carbons (Fsp3) is 0.533. The van der Waals surface area contributed by atoms with Crippen molar-refractivity contribution in [2.45, 2.75) is 37.8 Å². The number of hydrogen-bond acceptors (Lipinski definition) is 3. The van der Waals surface area contributed by atoms with E-state index >= 15 is 0 Å². The van der Waals surface area contributed by atoms with Crippen LogP contribution in [0.3, 0.4) is 0 Å². The van der Waals surface area contributed by atoms with Crippen molar-refractivity contribution in [2.24, 2.45) is 0 Å². The standard InChI is InChI=1S/C15H20N2O2/c18-14-3-1-2-11(8-14)9-15(19)16-12-6-7-17(10-12)13-4-5-13/h1-3,8,12-13,18H,4-7,9-10H2,(H,16,19). The number of benzene rings is 1. The zero-order valence-corrected chi connectivity index (χ0v) is 11.0. The van der Waals surface area contributed by atoms with Crippen molar-refractivity contribution < 1.29 is 9.90 Å². The number of aromatic hydroxyl groups is 1. The van der Waals surface area contributed by atoms with Crippen LogP contribution in [0.5, 0.6) is 5.75 Å². The smallest absolute Gasteiger partial charge is 0.224 e. The number of phenolic OH excluding ortho intramolecular Hbond substituents is 1. The predicted octanol–water partition coefficient (Wildman–Crippen LogP) is 1.29. The fourth-order valence-electron chi connectivity index (χ4n) is 2.81. The van der Waals surface area contributed by atoms with Gasteiger partial charge in [-0.05, 0) is 37.0 Å². The van der Waals surface area contributed by atoms with E-state index in [-0.39, 0.29) is 11.7 Å². The molecule has 1 aromatic carbocycles. The Labute approximate surface area is 113 Å². The number of carbonyl (C=O) groups is 1. The monoisotopic (exact) mass is 260 g/mol. The molecule has 2 aliphatic rings. The SMILES string of the molecule is O=C(Cc1cccc(O)c1)NC1CCN(C2CC2)C1. The molecular formula is C15H20N2O2. The fourth-order valence-corrected chi connectivity index (χ4v) is 2.81. The van der Waals surface area contributed by atoms with Crippen LogP contribution in [0.2, 0.25) is 0 Å². The summed E-state index contributed by atoms with van der Waals surface area (Å²) in [6.45, 7) is 2.11. The number of nitrogens with zero attached hydrogens (tertiary/aromatic N) is 1. The molecule has 1 heterocycles. The van der Waals surface area contributed by atoms with Gasteiger partial charge in [0.05, 0.1) is 6.42 Å². The van der Waals surface area contributed by atoms with Gasteiger partial charge >= 0.3 is 0 Å². The maximum Gasteiger partial charge on any atom is 0.224 e. The Morgan fingerprint density at radius 3 is 2.95 bits per heavy atom. The molecule has 4 heteroatoms. The van der Waals surface area contributed by atoms with E-state index in [9.17, 15) is 9.90 Å². The molecule has 1 aliphatic heterocycles. The van der Waals surface area contributed by atoms with Gasteiger partial charge in [-0.1, -0.05) is 12.1 Å². The van der Waals surface area contributed by atoms with Crippen LogP contribution in [0.15, 0.2) is 24.3 Å². The summed E-state index contributed by atoms with van der Waals surface area (Å²) in [6, 6.07) is 7.97. The van der Waals surface area contributed by atoms with Gasteiger partial charge in [-0.25, -0.2) is 0 Å². The Morgan fingerprint density at radius 1 is 1.37 bits per heavy atom. The number of nitrogens with one attached hydrogen (secondary N) is 1. The molecule has 102 valence electrons. The maximum atomic E-state index is 12.0. The van der Waals surface area contributed by atoms with Gasteiger partial charge in [0, 0.05) is 25.2 Å². The molecule has 2 N–H and O–H groups in total. The largest absolute Gasteiger partial charge is 0.508 e. The van der Waals surface area contributed by atoms with Crippen molar-refractivity contribution >= 4 is 5.91 Å². The molecule has 0 radical (unpaired) electrons. The lowest BCUT2D eigenvalue weighted by Gasteiger charge is -2.15. The van der Waals surface area contributed by atoms with Gasteiger partial charge < -0.3 is 10.4 Å². The van der Waals surface area contributed by atoms with Crippen LogP contribution in [0.4, 0.5) is 0 Å². The van der Waals surface area contributed by atoms with Crippen molar-refractivity contribution in [1.82, 2.24) is 10.2 Å². The maximum absolute atomic E-state index is 12.0. The summed E-state index contributed by atoms with van der Waals surface area (Å²) in [6.07, 6.45) is 4.05. The molecule has 4 nitrogen and oxygen atoms in total. The van der Waals surface area contributed by atoms with Crippen molar-refractivity contribution in [3.8, 4) is 5.75 Å². The average molecular weight is 260 g/mol.